The van der Waals surface area contributed by atoms with Crippen molar-refractivity contribution in [2.45, 2.75) is 91.1 Å². The third-order valence-electron chi connectivity index (χ3n) is 4.28. The lowest BCUT2D eigenvalue weighted by Crippen LogP contribution is -2.15. The molecule has 0 aliphatic rings. The third-order valence-corrected chi connectivity index (χ3v) is 4.28. The normalized spacial score (nSPS) is 12.1. The summed E-state index contributed by atoms with van der Waals surface area (Å²) in [6, 6.07) is 7.59. The monoisotopic (exact) mass is 318 g/mol. The fourth-order valence-corrected chi connectivity index (χ4v) is 2.82. The molecule has 0 aliphatic carbocycles. The van der Waals surface area contributed by atoms with E-state index >= 15 is 0 Å². The Morgan fingerprint density at radius 3 is 2.22 bits per heavy atom. The van der Waals surface area contributed by atoms with Crippen molar-refractivity contribution in [1.29, 1.82) is 0 Å². The largest absolute Gasteiger partial charge is 0.459 e. The Balaban J connectivity index is 2.06. The minimum absolute atomic E-state index is 0.00701. The Hall–Kier alpha value is -1.31. The van der Waals surface area contributed by atoms with Crippen LogP contribution < -0.4 is 0 Å². The van der Waals surface area contributed by atoms with Crippen molar-refractivity contribution in [2.24, 2.45) is 0 Å². The van der Waals surface area contributed by atoms with E-state index < -0.39 is 0 Å². The molecule has 0 fully saturated rings. The lowest BCUT2D eigenvalue weighted by atomic mass is 10.1. The molecule has 23 heavy (non-hydrogen) atoms. The lowest BCUT2D eigenvalue weighted by Gasteiger charge is -2.13. The third kappa shape index (κ3) is 9.43. The topological polar surface area (TPSA) is 26.3 Å². The standard InChI is InChI=1S/C21H34O2/c1-4-5-6-7-8-9-10-11-12-15-19(3)23-21(22)20-16-13-14-18(2)17-20/h13-14,16-17,19H,4-12,15H2,1-3H3. The Bertz CT molecular complexity index is 439. The van der Waals surface area contributed by atoms with Crippen molar-refractivity contribution in [1.82, 2.24) is 0 Å². The second-order valence-corrected chi connectivity index (χ2v) is 6.70. The summed E-state index contributed by atoms with van der Waals surface area (Å²) in [5.74, 6) is -0.197. The van der Waals surface area contributed by atoms with Crippen LogP contribution in [0.15, 0.2) is 24.3 Å². The van der Waals surface area contributed by atoms with Gasteiger partial charge in [-0.2, -0.15) is 0 Å². The van der Waals surface area contributed by atoms with E-state index in [0.717, 1.165) is 18.4 Å². The zero-order valence-corrected chi connectivity index (χ0v) is 15.3. The van der Waals surface area contributed by atoms with Gasteiger partial charge >= 0.3 is 5.97 Å². The zero-order valence-electron chi connectivity index (χ0n) is 15.3. The van der Waals surface area contributed by atoms with Crippen molar-refractivity contribution in [3.05, 3.63) is 35.4 Å². The minimum atomic E-state index is -0.197. The molecule has 1 atom stereocenters. The van der Waals surface area contributed by atoms with E-state index in [1.165, 1.54) is 51.4 Å². The van der Waals surface area contributed by atoms with Gasteiger partial charge in [-0.3, -0.25) is 0 Å². The van der Waals surface area contributed by atoms with E-state index in [2.05, 4.69) is 6.92 Å². The molecule has 0 aromatic heterocycles. The number of hydrogen-bond donors (Lipinski definition) is 0. The summed E-state index contributed by atoms with van der Waals surface area (Å²) in [6.07, 6.45) is 12.9. The van der Waals surface area contributed by atoms with E-state index in [4.69, 9.17) is 4.74 Å². The fourth-order valence-electron chi connectivity index (χ4n) is 2.82. The van der Waals surface area contributed by atoms with Gasteiger partial charge in [-0.25, -0.2) is 4.79 Å². The first-order valence-corrected chi connectivity index (χ1v) is 9.41. The molecule has 0 saturated heterocycles. The molecule has 1 aromatic rings. The molecule has 0 spiro atoms. The SMILES string of the molecule is CCCCCCCCCCCC(C)OC(=O)c1cccc(C)c1. The number of carbonyl (C=O) groups is 1. The van der Waals surface area contributed by atoms with Gasteiger partial charge in [0.2, 0.25) is 0 Å². The molecule has 1 rings (SSSR count). The molecule has 0 radical (unpaired) electrons. The van der Waals surface area contributed by atoms with Gasteiger partial charge in [0, 0.05) is 0 Å². The number of rotatable bonds is 12. The average molecular weight is 319 g/mol. The summed E-state index contributed by atoms with van der Waals surface area (Å²) in [5, 5.41) is 0. The van der Waals surface area contributed by atoms with E-state index in [0.29, 0.717) is 5.56 Å². The van der Waals surface area contributed by atoms with Crippen molar-refractivity contribution in [3.8, 4) is 0 Å². The first-order valence-electron chi connectivity index (χ1n) is 9.41. The quantitative estimate of drug-likeness (QED) is 0.326. The van der Waals surface area contributed by atoms with Crippen LogP contribution in [0.4, 0.5) is 0 Å². The summed E-state index contributed by atoms with van der Waals surface area (Å²) in [7, 11) is 0. The van der Waals surface area contributed by atoms with Gasteiger partial charge in [0.15, 0.2) is 0 Å². The molecule has 0 N–H and O–H groups in total. The number of esters is 1. The molecule has 130 valence electrons. The number of ether oxygens (including phenoxy) is 1. The first-order chi connectivity index (χ1) is 11.1. The van der Waals surface area contributed by atoms with E-state index in [1.54, 1.807) is 0 Å². The van der Waals surface area contributed by atoms with Gasteiger partial charge in [-0.1, -0.05) is 76.0 Å². The van der Waals surface area contributed by atoms with Crippen molar-refractivity contribution in [3.63, 3.8) is 0 Å². The van der Waals surface area contributed by atoms with Crippen LogP contribution in [0.5, 0.6) is 0 Å². The Morgan fingerprint density at radius 1 is 1.00 bits per heavy atom. The van der Waals surface area contributed by atoms with Gasteiger partial charge in [-0.15, -0.1) is 0 Å². The van der Waals surface area contributed by atoms with Crippen molar-refractivity contribution >= 4 is 5.97 Å². The van der Waals surface area contributed by atoms with Crippen molar-refractivity contribution < 1.29 is 9.53 Å². The minimum Gasteiger partial charge on any atom is -0.459 e. The summed E-state index contributed by atoms with van der Waals surface area (Å²) in [6.45, 7) is 6.24. The van der Waals surface area contributed by atoms with Crippen LogP contribution in [0.25, 0.3) is 0 Å². The van der Waals surface area contributed by atoms with Gasteiger partial charge < -0.3 is 4.74 Å². The molecule has 2 heteroatoms. The number of benzene rings is 1. The highest BCUT2D eigenvalue weighted by atomic mass is 16.5. The molecule has 2 nitrogen and oxygen atoms in total. The van der Waals surface area contributed by atoms with Crippen LogP contribution in [0.3, 0.4) is 0 Å². The molecule has 0 saturated carbocycles. The highest BCUT2D eigenvalue weighted by molar-refractivity contribution is 5.89. The van der Waals surface area contributed by atoms with Crippen LogP contribution >= 0.6 is 0 Å². The highest BCUT2D eigenvalue weighted by Crippen LogP contribution is 2.14. The second kappa shape index (κ2) is 12.2. The van der Waals surface area contributed by atoms with Crippen LogP contribution in [0.1, 0.15) is 94.0 Å². The molecular weight excluding hydrogens is 284 g/mol. The second-order valence-electron chi connectivity index (χ2n) is 6.70. The number of hydrogen-bond acceptors (Lipinski definition) is 2. The summed E-state index contributed by atoms with van der Waals surface area (Å²) in [5.41, 5.74) is 1.75. The molecule has 1 unspecified atom stereocenters. The Kier molecular flexibility index (Phi) is 10.4. The van der Waals surface area contributed by atoms with Crippen LogP contribution in [-0.4, -0.2) is 12.1 Å². The highest BCUT2D eigenvalue weighted by Gasteiger charge is 2.11. The number of aryl methyl sites for hydroxylation is 1. The smallest absolute Gasteiger partial charge is 0.338 e. The van der Waals surface area contributed by atoms with Gasteiger partial charge in [0.1, 0.15) is 0 Å². The number of carbonyl (C=O) groups excluding carboxylic acids is 1. The van der Waals surface area contributed by atoms with Gasteiger partial charge in [-0.05, 0) is 38.8 Å². The Labute approximate surface area is 142 Å². The van der Waals surface area contributed by atoms with Gasteiger partial charge in [0.05, 0.1) is 11.7 Å². The fraction of sp³-hybridized carbons (Fsp3) is 0.667. The van der Waals surface area contributed by atoms with E-state index in [1.807, 2.05) is 38.1 Å². The van der Waals surface area contributed by atoms with E-state index in [9.17, 15) is 4.79 Å². The van der Waals surface area contributed by atoms with Gasteiger partial charge in [0.25, 0.3) is 0 Å². The maximum absolute atomic E-state index is 12.0. The average Bonchev–Trinajstić information content (AvgIpc) is 2.53. The zero-order chi connectivity index (χ0) is 16.9. The summed E-state index contributed by atoms with van der Waals surface area (Å²) >= 11 is 0. The molecule has 0 bridgehead atoms. The predicted octanol–water partition coefficient (Wildman–Crippen LogP) is 6.46. The Morgan fingerprint density at radius 2 is 1.61 bits per heavy atom. The molecule has 0 amide bonds. The van der Waals surface area contributed by atoms with Crippen LogP contribution in [0, 0.1) is 6.92 Å². The molecule has 1 aromatic carbocycles. The molecular formula is C21H34O2. The predicted molar refractivity (Wildman–Crippen MR) is 97.9 cm³/mol. The first kappa shape index (κ1) is 19.7. The molecule has 0 heterocycles. The van der Waals surface area contributed by atoms with Crippen LogP contribution in [0.2, 0.25) is 0 Å². The van der Waals surface area contributed by atoms with Crippen LogP contribution in [-0.2, 0) is 4.74 Å². The maximum Gasteiger partial charge on any atom is 0.338 e. The number of unbranched alkanes of at least 4 members (excludes halogenated alkanes) is 8. The van der Waals surface area contributed by atoms with E-state index in [-0.39, 0.29) is 12.1 Å². The molecule has 0 aliphatic heterocycles. The summed E-state index contributed by atoms with van der Waals surface area (Å²) < 4.78 is 5.52. The summed E-state index contributed by atoms with van der Waals surface area (Å²) in [4.78, 5) is 12.0. The maximum atomic E-state index is 12.0. The lowest BCUT2D eigenvalue weighted by molar-refractivity contribution is 0.0319. The van der Waals surface area contributed by atoms with Crippen molar-refractivity contribution in [2.75, 3.05) is 0 Å².